The van der Waals surface area contributed by atoms with Gasteiger partial charge in [-0.05, 0) is 28.1 Å². The van der Waals surface area contributed by atoms with Crippen LogP contribution in [0, 0.1) is 11.8 Å². The van der Waals surface area contributed by atoms with Gasteiger partial charge in [-0.1, -0.05) is 12.2 Å². The molecule has 2 aliphatic rings. The van der Waals surface area contributed by atoms with Crippen LogP contribution in [0.4, 0.5) is 0 Å². The standard InChI is InChI=1S/C10H7BrO3/c11-6-4-8(13)5-2-1-3-7(12)9(5)10(6)14/h1-5,9,12H. The third kappa shape index (κ3) is 1.26. The van der Waals surface area contributed by atoms with E-state index in [0.717, 1.165) is 0 Å². The number of aliphatic hydroxyl groups is 1. The number of aliphatic hydroxyl groups excluding tert-OH is 1. The molecule has 2 aliphatic carbocycles. The van der Waals surface area contributed by atoms with Crippen LogP contribution >= 0.6 is 15.9 Å². The largest absolute Gasteiger partial charge is 0.512 e. The van der Waals surface area contributed by atoms with Crippen molar-refractivity contribution in [1.29, 1.82) is 0 Å². The number of halogens is 1. The molecule has 0 aromatic rings. The van der Waals surface area contributed by atoms with Gasteiger partial charge in [-0.15, -0.1) is 0 Å². The topological polar surface area (TPSA) is 54.4 Å². The summed E-state index contributed by atoms with van der Waals surface area (Å²) in [7, 11) is 0. The molecule has 2 atom stereocenters. The number of allylic oxidation sites excluding steroid dienone is 6. The van der Waals surface area contributed by atoms with E-state index in [1.807, 2.05) is 0 Å². The highest BCUT2D eigenvalue weighted by atomic mass is 79.9. The quantitative estimate of drug-likeness (QED) is 0.716. The molecule has 0 bridgehead atoms. The Bertz CT molecular complexity index is 404. The van der Waals surface area contributed by atoms with Gasteiger partial charge in [0.2, 0.25) is 0 Å². The minimum absolute atomic E-state index is 0.0408. The molecule has 0 saturated carbocycles. The molecule has 0 aliphatic heterocycles. The lowest BCUT2D eigenvalue weighted by atomic mass is 9.77. The number of carbonyl (C=O) groups excluding carboxylic acids is 2. The van der Waals surface area contributed by atoms with Crippen LogP contribution in [-0.2, 0) is 9.59 Å². The lowest BCUT2D eigenvalue weighted by Gasteiger charge is -2.26. The van der Waals surface area contributed by atoms with Crippen molar-refractivity contribution in [2.24, 2.45) is 11.8 Å². The number of hydrogen-bond acceptors (Lipinski definition) is 3. The first-order valence-corrected chi connectivity index (χ1v) is 4.93. The molecule has 0 radical (unpaired) electrons. The molecule has 0 aromatic heterocycles. The molecule has 0 fully saturated rings. The van der Waals surface area contributed by atoms with Crippen molar-refractivity contribution in [3.63, 3.8) is 0 Å². The fraction of sp³-hybridized carbons (Fsp3) is 0.200. The van der Waals surface area contributed by atoms with Gasteiger partial charge < -0.3 is 5.11 Å². The normalized spacial score (nSPS) is 30.9. The van der Waals surface area contributed by atoms with E-state index in [0.29, 0.717) is 0 Å². The average molecular weight is 255 g/mol. The predicted octanol–water partition coefficient (Wildman–Crippen LogP) is 1.66. The first-order valence-electron chi connectivity index (χ1n) is 4.14. The monoisotopic (exact) mass is 254 g/mol. The van der Waals surface area contributed by atoms with Crippen molar-refractivity contribution in [2.45, 2.75) is 0 Å². The lowest BCUT2D eigenvalue weighted by molar-refractivity contribution is -0.127. The summed E-state index contributed by atoms with van der Waals surface area (Å²) >= 11 is 3.01. The zero-order valence-electron chi connectivity index (χ0n) is 7.11. The molecule has 0 saturated heterocycles. The maximum atomic E-state index is 11.6. The molecule has 3 nitrogen and oxygen atoms in total. The van der Waals surface area contributed by atoms with Crippen molar-refractivity contribution in [3.8, 4) is 0 Å². The molecular weight excluding hydrogens is 248 g/mol. The Balaban J connectivity index is 2.50. The highest BCUT2D eigenvalue weighted by molar-refractivity contribution is 9.12. The third-order valence-electron chi connectivity index (χ3n) is 2.38. The van der Waals surface area contributed by atoms with Gasteiger partial charge in [0.25, 0.3) is 0 Å². The van der Waals surface area contributed by atoms with Crippen LogP contribution in [0.3, 0.4) is 0 Å². The van der Waals surface area contributed by atoms with Crippen LogP contribution in [0.25, 0.3) is 0 Å². The van der Waals surface area contributed by atoms with Crippen LogP contribution in [0.2, 0.25) is 0 Å². The number of carbonyl (C=O) groups is 2. The second-order valence-corrected chi connectivity index (χ2v) is 4.09. The van der Waals surface area contributed by atoms with Gasteiger partial charge in [0.1, 0.15) is 5.76 Å². The van der Waals surface area contributed by atoms with E-state index in [1.54, 1.807) is 12.2 Å². The van der Waals surface area contributed by atoms with Crippen molar-refractivity contribution < 1.29 is 14.7 Å². The van der Waals surface area contributed by atoms with Gasteiger partial charge in [0.15, 0.2) is 11.6 Å². The van der Waals surface area contributed by atoms with Crippen LogP contribution in [0.1, 0.15) is 0 Å². The number of ketones is 2. The molecule has 1 N–H and O–H groups in total. The van der Waals surface area contributed by atoms with E-state index in [1.165, 1.54) is 12.2 Å². The van der Waals surface area contributed by atoms with Gasteiger partial charge in [-0.3, -0.25) is 9.59 Å². The molecular formula is C10H7BrO3. The summed E-state index contributed by atoms with van der Waals surface area (Å²) in [5.74, 6) is -1.70. The molecule has 0 aromatic carbocycles. The second kappa shape index (κ2) is 3.20. The zero-order valence-corrected chi connectivity index (χ0v) is 8.69. The van der Waals surface area contributed by atoms with Crippen LogP contribution in [0.15, 0.2) is 34.5 Å². The SMILES string of the molecule is O=C1C=C(Br)C(=O)C2C(O)=CC=CC12. The van der Waals surface area contributed by atoms with E-state index in [2.05, 4.69) is 15.9 Å². The summed E-state index contributed by atoms with van der Waals surface area (Å²) in [6, 6.07) is 0. The smallest absolute Gasteiger partial charge is 0.181 e. The highest BCUT2D eigenvalue weighted by Crippen LogP contribution is 2.34. The summed E-state index contributed by atoms with van der Waals surface area (Å²) < 4.78 is 0.235. The predicted molar refractivity (Wildman–Crippen MR) is 53.9 cm³/mol. The number of hydrogen-bond donors (Lipinski definition) is 1. The first-order chi connectivity index (χ1) is 6.61. The fourth-order valence-electron chi connectivity index (χ4n) is 1.67. The Labute approximate surface area is 88.9 Å². The van der Waals surface area contributed by atoms with Crippen LogP contribution < -0.4 is 0 Å². The Morgan fingerprint density at radius 1 is 1.36 bits per heavy atom. The summed E-state index contributed by atoms with van der Waals surface area (Å²) in [5, 5.41) is 9.50. The zero-order chi connectivity index (χ0) is 10.3. The Morgan fingerprint density at radius 2 is 2.07 bits per heavy atom. The van der Waals surface area contributed by atoms with E-state index in [-0.39, 0.29) is 21.8 Å². The van der Waals surface area contributed by atoms with Crippen molar-refractivity contribution in [1.82, 2.24) is 0 Å². The van der Waals surface area contributed by atoms with Crippen molar-refractivity contribution >= 4 is 27.5 Å². The summed E-state index contributed by atoms with van der Waals surface area (Å²) in [6.07, 6.45) is 5.94. The summed E-state index contributed by atoms with van der Waals surface area (Å²) in [5.41, 5.74) is 0. The first kappa shape index (κ1) is 9.40. The molecule has 0 amide bonds. The minimum Gasteiger partial charge on any atom is -0.512 e. The lowest BCUT2D eigenvalue weighted by Crippen LogP contribution is -2.34. The van der Waals surface area contributed by atoms with Gasteiger partial charge in [-0.2, -0.15) is 0 Å². The maximum Gasteiger partial charge on any atom is 0.181 e. The molecule has 14 heavy (non-hydrogen) atoms. The minimum atomic E-state index is -0.730. The van der Waals surface area contributed by atoms with Gasteiger partial charge >= 0.3 is 0 Å². The highest BCUT2D eigenvalue weighted by Gasteiger charge is 2.40. The average Bonchev–Trinajstić information content (AvgIpc) is 2.14. The molecule has 0 heterocycles. The molecule has 0 spiro atoms. The van der Waals surface area contributed by atoms with E-state index < -0.39 is 11.8 Å². The maximum absolute atomic E-state index is 11.6. The second-order valence-electron chi connectivity index (χ2n) is 3.24. The van der Waals surface area contributed by atoms with Crippen molar-refractivity contribution in [2.75, 3.05) is 0 Å². The summed E-state index contributed by atoms with van der Waals surface area (Å²) in [4.78, 5) is 23.1. The Hall–Kier alpha value is -1.16. The summed E-state index contributed by atoms with van der Waals surface area (Å²) in [6.45, 7) is 0. The Morgan fingerprint density at radius 3 is 2.79 bits per heavy atom. The third-order valence-corrected chi connectivity index (χ3v) is 3.00. The van der Waals surface area contributed by atoms with Gasteiger partial charge in [0, 0.05) is 0 Å². The van der Waals surface area contributed by atoms with Crippen LogP contribution in [0.5, 0.6) is 0 Å². The molecule has 2 unspecified atom stereocenters. The Kier molecular flexibility index (Phi) is 2.15. The fourth-order valence-corrected chi connectivity index (χ4v) is 2.14. The van der Waals surface area contributed by atoms with E-state index >= 15 is 0 Å². The number of Topliss-reactive ketones (excluding diaryl/α,β-unsaturated/α-hetero) is 1. The molecule has 72 valence electrons. The van der Waals surface area contributed by atoms with E-state index in [4.69, 9.17) is 0 Å². The van der Waals surface area contributed by atoms with Gasteiger partial charge in [-0.25, -0.2) is 0 Å². The number of fused-ring (bicyclic) bond motifs is 1. The van der Waals surface area contributed by atoms with Crippen LogP contribution in [-0.4, -0.2) is 16.7 Å². The number of rotatable bonds is 0. The van der Waals surface area contributed by atoms with E-state index in [9.17, 15) is 14.7 Å². The van der Waals surface area contributed by atoms with Gasteiger partial charge in [0.05, 0.1) is 16.3 Å². The molecule has 4 heteroatoms. The molecule has 2 rings (SSSR count). The van der Waals surface area contributed by atoms with Crippen molar-refractivity contribution in [3.05, 3.63) is 34.5 Å².